The van der Waals surface area contributed by atoms with Crippen LogP contribution in [0.1, 0.15) is 18.9 Å². The minimum atomic E-state index is -0.0263. The quantitative estimate of drug-likeness (QED) is 0.821. The van der Waals surface area contributed by atoms with Crippen molar-refractivity contribution in [1.29, 1.82) is 0 Å². The van der Waals surface area contributed by atoms with Crippen LogP contribution in [0.5, 0.6) is 0 Å². The smallest absolute Gasteiger partial charge is 0.246 e. The topological polar surface area (TPSA) is 32.3 Å². The van der Waals surface area contributed by atoms with Gasteiger partial charge in [0.05, 0.1) is 0 Å². The van der Waals surface area contributed by atoms with Crippen molar-refractivity contribution >= 4 is 5.91 Å². The molecule has 3 nitrogen and oxygen atoms in total. The Bertz CT molecular complexity index is 427. The Kier molecular flexibility index (Phi) is 4.15. The first-order valence-electron chi connectivity index (χ1n) is 6.38. The summed E-state index contributed by atoms with van der Waals surface area (Å²) in [5.74, 6) is -0.0263. The summed E-state index contributed by atoms with van der Waals surface area (Å²) in [5, 5.41) is 3.01. The molecule has 1 atom stereocenters. The van der Waals surface area contributed by atoms with Gasteiger partial charge in [-0.1, -0.05) is 36.9 Å². The molecule has 0 spiro atoms. The highest BCUT2D eigenvalue weighted by Crippen LogP contribution is 2.13. The van der Waals surface area contributed by atoms with Crippen LogP contribution in [0.25, 0.3) is 0 Å². The lowest BCUT2D eigenvalue weighted by Gasteiger charge is -2.16. The van der Waals surface area contributed by atoms with E-state index in [4.69, 9.17) is 0 Å². The third-order valence-electron chi connectivity index (χ3n) is 3.24. The molecular formula is C15H20N2O. The van der Waals surface area contributed by atoms with Crippen molar-refractivity contribution in [3.8, 4) is 0 Å². The maximum Gasteiger partial charge on any atom is 0.246 e. The summed E-state index contributed by atoms with van der Waals surface area (Å²) in [6.45, 7) is 8.32. The second kappa shape index (κ2) is 5.83. The van der Waals surface area contributed by atoms with Gasteiger partial charge in [0.2, 0.25) is 5.91 Å². The van der Waals surface area contributed by atoms with Crippen molar-refractivity contribution in [2.24, 2.45) is 0 Å². The Morgan fingerprint density at radius 2 is 2.17 bits per heavy atom. The summed E-state index contributed by atoms with van der Waals surface area (Å²) in [6.07, 6.45) is 1.02. The van der Waals surface area contributed by atoms with Gasteiger partial charge in [-0.15, -0.1) is 0 Å². The van der Waals surface area contributed by atoms with Crippen molar-refractivity contribution in [3.05, 3.63) is 48.0 Å². The molecule has 1 aliphatic rings. The Morgan fingerprint density at radius 1 is 1.44 bits per heavy atom. The zero-order valence-corrected chi connectivity index (χ0v) is 10.9. The monoisotopic (exact) mass is 244 g/mol. The number of rotatable bonds is 4. The molecular weight excluding hydrogens is 224 g/mol. The average Bonchev–Trinajstić information content (AvgIpc) is 2.77. The van der Waals surface area contributed by atoms with Crippen LogP contribution in [-0.4, -0.2) is 29.9 Å². The van der Waals surface area contributed by atoms with E-state index in [1.54, 1.807) is 6.92 Å². The molecule has 0 aliphatic carbocycles. The van der Waals surface area contributed by atoms with Gasteiger partial charge in [-0.2, -0.15) is 0 Å². The van der Waals surface area contributed by atoms with Crippen LogP contribution in [0.3, 0.4) is 0 Å². The fraction of sp³-hybridized carbons (Fsp3) is 0.400. The summed E-state index contributed by atoms with van der Waals surface area (Å²) in [4.78, 5) is 13.9. The van der Waals surface area contributed by atoms with E-state index < -0.39 is 0 Å². The Balaban J connectivity index is 1.82. The predicted molar refractivity (Wildman–Crippen MR) is 73.1 cm³/mol. The number of hydrogen-bond acceptors (Lipinski definition) is 2. The van der Waals surface area contributed by atoms with E-state index in [9.17, 15) is 4.79 Å². The second-order valence-electron chi connectivity index (χ2n) is 4.96. The van der Waals surface area contributed by atoms with Gasteiger partial charge in [-0.3, -0.25) is 9.69 Å². The van der Waals surface area contributed by atoms with E-state index in [1.807, 2.05) is 6.07 Å². The minimum Gasteiger partial charge on any atom is -0.348 e. The van der Waals surface area contributed by atoms with Gasteiger partial charge in [-0.25, -0.2) is 0 Å². The molecule has 2 rings (SSSR count). The lowest BCUT2D eigenvalue weighted by atomic mass is 10.2. The van der Waals surface area contributed by atoms with Crippen molar-refractivity contribution in [2.75, 3.05) is 13.1 Å². The molecule has 1 heterocycles. The normalized spacial score (nSPS) is 19.7. The summed E-state index contributed by atoms with van der Waals surface area (Å²) in [5.41, 5.74) is 1.90. The van der Waals surface area contributed by atoms with Crippen LogP contribution in [0, 0.1) is 0 Å². The minimum absolute atomic E-state index is 0.0263. The Labute approximate surface area is 108 Å². The van der Waals surface area contributed by atoms with Crippen molar-refractivity contribution < 1.29 is 4.79 Å². The molecule has 0 aromatic heterocycles. The molecule has 0 saturated carbocycles. The van der Waals surface area contributed by atoms with E-state index in [0.717, 1.165) is 26.1 Å². The number of likely N-dealkylation sites (tertiary alicyclic amines) is 1. The zero-order chi connectivity index (χ0) is 13.0. The van der Waals surface area contributed by atoms with Crippen LogP contribution in [0.2, 0.25) is 0 Å². The fourth-order valence-electron chi connectivity index (χ4n) is 2.24. The lowest BCUT2D eigenvalue weighted by molar-refractivity contribution is -0.118. The number of amides is 1. The van der Waals surface area contributed by atoms with Gasteiger partial charge in [0.25, 0.3) is 0 Å². The number of hydrogen-bond donors (Lipinski definition) is 1. The first-order valence-corrected chi connectivity index (χ1v) is 6.38. The van der Waals surface area contributed by atoms with E-state index >= 15 is 0 Å². The second-order valence-corrected chi connectivity index (χ2v) is 4.96. The maximum absolute atomic E-state index is 11.5. The van der Waals surface area contributed by atoms with Gasteiger partial charge in [0.15, 0.2) is 0 Å². The number of carbonyl (C=O) groups excluding carboxylic acids is 1. The Morgan fingerprint density at radius 3 is 2.83 bits per heavy atom. The Hall–Kier alpha value is -1.61. The first-order chi connectivity index (χ1) is 8.65. The molecule has 1 aromatic carbocycles. The summed E-state index contributed by atoms with van der Waals surface area (Å²) < 4.78 is 0. The third-order valence-corrected chi connectivity index (χ3v) is 3.24. The highest BCUT2D eigenvalue weighted by molar-refractivity contribution is 5.92. The standard InChI is InChI=1S/C15H20N2O/c1-12(2)15(18)16-14-8-9-17(11-14)10-13-6-4-3-5-7-13/h3-7,14H,1,8-11H2,2H3,(H,16,18)/t14-/m0/s1. The molecule has 0 unspecified atom stereocenters. The van der Waals surface area contributed by atoms with Gasteiger partial charge >= 0.3 is 0 Å². The van der Waals surface area contributed by atoms with E-state index in [1.165, 1.54) is 5.56 Å². The van der Waals surface area contributed by atoms with E-state index in [0.29, 0.717) is 5.57 Å². The summed E-state index contributed by atoms with van der Waals surface area (Å²) >= 11 is 0. The van der Waals surface area contributed by atoms with Crippen LogP contribution in [0.4, 0.5) is 0 Å². The molecule has 1 aliphatic heterocycles. The van der Waals surface area contributed by atoms with Crippen LogP contribution in [-0.2, 0) is 11.3 Å². The first kappa shape index (κ1) is 12.8. The number of nitrogens with one attached hydrogen (secondary N) is 1. The zero-order valence-electron chi connectivity index (χ0n) is 10.9. The summed E-state index contributed by atoms with van der Waals surface area (Å²) in [6, 6.07) is 10.7. The van der Waals surface area contributed by atoms with Crippen molar-refractivity contribution in [3.63, 3.8) is 0 Å². The molecule has 1 fully saturated rings. The predicted octanol–water partition coefficient (Wildman–Crippen LogP) is 1.95. The average molecular weight is 244 g/mol. The molecule has 18 heavy (non-hydrogen) atoms. The SMILES string of the molecule is C=C(C)C(=O)N[C@H]1CCN(Cc2ccccc2)C1. The van der Waals surface area contributed by atoms with Crippen molar-refractivity contribution in [1.82, 2.24) is 10.2 Å². The molecule has 3 heteroatoms. The van der Waals surface area contributed by atoms with Gasteiger partial charge in [0.1, 0.15) is 0 Å². The number of benzene rings is 1. The van der Waals surface area contributed by atoms with E-state index in [2.05, 4.69) is 41.1 Å². The van der Waals surface area contributed by atoms with Gasteiger partial charge < -0.3 is 5.32 Å². The lowest BCUT2D eigenvalue weighted by Crippen LogP contribution is -2.37. The fourth-order valence-corrected chi connectivity index (χ4v) is 2.24. The summed E-state index contributed by atoms with van der Waals surface area (Å²) in [7, 11) is 0. The maximum atomic E-state index is 11.5. The third kappa shape index (κ3) is 3.44. The van der Waals surface area contributed by atoms with Gasteiger partial charge in [0, 0.05) is 31.2 Å². The molecule has 0 radical (unpaired) electrons. The highest BCUT2D eigenvalue weighted by atomic mass is 16.1. The van der Waals surface area contributed by atoms with Crippen molar-refractivity contribution in [2.45, 2.75) is 25.9 Å². The molecule has 1 amide bonds. The van der Waals surface area contributed by atoms with Gasteiger partial charge in [-0.05, 0) is 18.9 Å². The molecule has 1 saturated heterocycles. The van der Waals surface area contributed by atoms with E-state index in [-0.39, 0.29) is 11.9 Å². The molecule has 96 valence electrons. The molecule has 1 aromatic rings. The number of carbonyl (C=O) groups is 1. The number of nitrogens with zero attached hydrogens (tertiary/aromatic N) is 1. The largest absolute Gasteiger partial charge is 0.348 e. The molecule has 0 bridgehead atoms. The van der Waals surface area contributed by atoms with Crippen LogP contribution in [0.15, 0.2) is 42.5 Å². The van der Waals surface area contributed by atoms with Crippen LogP contribution < -0.4 is 5.32 Å². The highest BCUT2D eigenvalue weighted by Gasteiger charge is 2.23. The molecule has 1 N–H and O–H groups in total. The van der Waals surface area contributed by atoms with Crippen LogP contribution >= 0.6 is 0 Å².